The minimum absolute atomic E-state index is 0.0798. The third-order valence-electron chi connectivity index (χ3n) is 4.23. The molecule has 29 heavy (non-hydrogen) atoms. The first-order valence-corrected chi connectivity index (χ1v) is 11.2. The summed E-state index contributed by atoms with van der Waals surface area (Å²) in [6, 6.07) is 7.38. The second-order valence-corrected chi connectivity index (χ2v) is 9.33. The molecule has 0 aliphatic rings. The van der Waals surface area contributed by atoms with Gasteiger partial charge in [-0.15, -0.1) is 11.3 Å². The van der Waals surface area contributed by atoms with Crippen LogP contribution in [0.5, 0.6) is 0 Å². The number of hydrogen-bond acceptors (Lipinski definition) is 5. The number of nitrogens with zero attached hydrogens (tertiary/aromatic N) is 3. The molecule has 10 heteroatoms. The fraction of sp³-hybridized carbons (Fsp3) is 0.263. The molecule has 7 nitrogen and oxygen atoms in total. The minimum Gasteiger partial charge on any atom is -0.350 e. The number of aryl methyl sites for hydroxylation is 1. The van der Waals surface area contributed by atoms with Gasteiger partial charge in [-0.1, -0.05) is 13.0 Å². The molecule has 0 saturated carbocycles. The highest BCUT2D eigenvalue weighted by Crippen LogP contribution is 2.21. The first kappa shape index (κ1) is 21.2. The number of nitrogens with one attached hydrogen (secondary N) is 1. The lowest BCUT2D eigenvalue weighted by Gasteiger charge is -2.20. The Morgan fingerprint density at radius 2 is 2.14 bits per heavy atom. The van der Waals surface area contributed by atoms with Gasteiger partial charge in [-0.05, 0) is 42.1 Å². The van der Waals surface area contributed by atoms with E-state index in [4.69, 9.17) is 0 Å². The Hall–Kier alpha value is -2.56. The summed E-state index contributed by atoms with van der Waals surface area (Å²) in [5, 5.41) is 8.63. The third kappa shape index (κ3) is 4.89. The molecular formula is C19H21FN4O3S2. The summed E-state index contributed by atoms with van der Waals surface area (Å²) in [5.74, 6) is -1.14. The lowest BCUT2D eigenvalue weighted by molar-refractivity contribution is -0.121. The van der Waals surface area contributed by atoms with Gasteiger partial charge in [0.05, 0.1) is 24.2 Å². The number of halogens is 1. The Morgan fingerprint density at radius 1 is 1.34 bits per heavy atom. The number of sulfonamides is 1. The molecule has 154 valence electrons. The predicted molar refractivity (Wildman–Crippen MR) is 109 cm³/mol. The van der Waals surface area contributed by atoms with Crippen molar-refractivity contribution in [3.63, 3.8) is 0 Å². The van der Waals surface area contributed by atoms with Gasteiger partial charge in [0.1, 0.15) is 11.5 Å². The molecule has 3 aromatic rings. The molecule has 2 heterocycles. The van der Waals surface area contributed by atoms with E-state index in [1.165, 1.54) is 28.2 Å². The molecule has 0 saturated heterocycles. The van der Waals surface area contributed by atoms with Crippen molar-refractivity contribution in [1.82, 2.24) is 19.4 Å². The third-order valence-corrected chi connectivity index (χ3v) is 7.02. The van der Waals surface area contributed by atoms with Crippen LogP contribution in [0.4, 0.5) is 4.39 Å². The molecule has 0 radical (unpaired) electrons. The molecular weight excluding hydrogens is 415 g/mol. The molecule has 0 bridgehead atoms. The van der Waals surface area contributed by atoms with Gasteiger partial charge in [0.15, 0.2) is 0 Å². The molecule has 1 N–H and O–H groups in total. The van der Waals surface area contributed by atoms with Crippen LogP contribution in [0.15, 0.2) is 53.0 Å². The van der Waals surface area contributed by atoms with Gasteiger partial charge in [0.25, 0.3) is 0 Å². The zero-order valence-electron chi connectivity index (χ0n) is 16.0. The van der Waals surface area contributed by atoms with Crippen LogP contribution in [-0.2, 0) is 21.4 Å². The fourth-order valence-corrected chi connectivity index (χ4v) is 4.77. The van der Waals surface area contributed by atoms with E-state index in [9.17, 15) is 17.6 Å². The fourth-order valence-electron chi connectivity index (χ4n) is 2.71. The maximum atomic E-state index is 14.6. The summed E-state index contributed by atoms with van der Waals surface area (Å²) in [5.41, 5.74) is 1.00. The summed E-state index contributed by atoms with van der Waals surface area (Å²) >= 11 is 1.50. The summed E-state index contributed by atoms with van der Waals surface area (Å²) in [6.07, 6.45) is 3.22. The van der Waals surface area contributed by atoms with E-state index in [1.807, 2.05) is 24.4 Å². The van der Waals surface area contributed by atoms with E-state index in [0.29, 0.717) is 6.54 Å². The van der Waals surface area contributed by atoms with E-state index in [2.05, 4.69) is 10.4 Å². The number of benzene rings is 1. The summed E-state index contributed by atoms with van der Waals surface area (Å²) in [4.78, 5) is 13.0. The van der Waals surface area contributed by atoms with Crippen molar-refractivity contribution in [2.45, 2.75) is 25.3 Å². The molecule has 0 aliphatic carbocycles. The topological polar surface area (TPSA) is 84.3 Å². The Balaban J connectivity index is 1.75. The number of likely N-dealkylation sites (N-methyl/N-ethyl adjacent to an activating group) is 1. The number of rotatable bonds is 8. The second-order valence-electron chi connectivity index (χ2n) is 6.36. The Kier molecular flexibility index (Phi) is 6.46. The molecule has 3 rings (SSSR count). The molecule has 1 aromatic carbocycles. The van der Waals surface area contributed by atoms with Gasteiger partial charge in [-0.3, -0.25) is 4.79 Å². The molecule has 0 fully saturated rings. The summed E-state index contributed by atoms with van der Waals surface area (Å²) < 4.78 is 42.7. The van der Waals surface area contributed by atoms with Gasteiger partial charge in [0, 0.05) is 17.6 Å². The average molecular weight is 437 g/mol. The van der Waals surface area contributed by atoms with Crippen LogP contribution in [0.1, 0.15) is 17.4 Å². The van der Waals surface area contributed by atoms with Crippen LogP contribution >= 0.6 is 11.3 Å². The van der Waals surface area contributed by atoms with Crippen LogP contribution in [-0.4, -0.2) is 41.5 Å². The van der Waals surface area contributed by atoms with E-state index in [-0.39, 0.29) is 23.7 Å². The number of hydrogen-bond donors (Lipinski definition) is 1. The Bertz CT molecular complexity index is 1090. The van der Waals surface area contributed by atoms with Gasteiger partial charge >= 0.3 is 0 Å². The number of aromatic nitrogens is 2. The van der Waals surface area contributed by atoms with E-state index < -0.39 is 21.7 Å². The van der Waals surface area contributed by atoms with Crippen LogP contribution in [0.2, 0.25) is 0 Å². The predicted octanol–water partition coefficient (Wildman–Crippen LogP) is 2.71. The lowest BCUT2D eigenvalue weighted by atomic mass is 10.3. The highest BCUT2D eigenvalue weighted by Gasteiger charge is 2.26. The maximum Gasteiger partial charge on any atom is 0.243 e. The van der Waals surface area contributed by atoms with Crippen LogP contribution in [0, 0.1) is 12.7 Å². The molecule has 0 unspecified atom stereocenters. The summed E-state index contributed by atoms with van der Waals surface area (Å²) in [6.45, 7) is 3.52. The van der Waals surface area contributed by atoms with Gasteiger partial charge in [-0.25, -0.2) is 17.5 Å². The second kappa shape index (κ2) is 8.85. The standard InChI is InChI=1S/C19H21FN4O3S2/c1-3-23(13-19(25)21-11-15-5-4-8-28-15)29(26,27)16-6-7-18(17(20)9-16)24-12-14(2)10-22-24/h4-10,12H,3,11,13H2,1-2H3,(H,21,25). The number of amides is 1. The Labute approximate surface area is 172 Å². The maximum absolute atomic E-state index is 14.6. The van der Waals surface area contributed by atoms with Crippen LogP contribution < -0.4 is 5.32 Å². The van der Waals surface area contributed by atoms with Crippen LogP contribution in [0.25, 0.3) is 5.69 Å². The van der Waals surface area contributed by atoms with Crippen molar-refractivity contribution in [1.29, 1.82) is 0 Å². The van der Waals surface area contributed by atoms with Crippen molar-refractivity contribution in [3.05, 3.63) is 64.4 Å². The van der Waals surface area contributed by atoms with Crippen molar-refractivity contribution in [3.8, 4) is 5.69 Å². The van der Waals surface area contributed by atoms with Crippen molar-refractivity contribution in [2.75, 3.05) is 13.1 Å². The molecule has 1 amide bonds. The largest absolute Gasteiger partial charge is 0.350 e. The molecule has 2 aromatic heterocycles. The smallest absolute Gasteiger partial charge is 0.243 e. The minimum atomic E-state index is -4.03. The highest BCUT2D eigenvalue weighted by atomic mass is 32.2. The average Bonchev–Trinajstić information content (AvgIpc) is 3.35. The first-order valence-electron chi connectivity index (χ1n) is 8.91. The van der Waals surface area contributed by atoms with E-state index in [0.717, 1.165) is 20.8 Å². The highest BCUT2D eigenvalue weighted by molar-refractivity contribution is 7.89. The number of carbonyl (C=O) groups is 1. The summed E-state index contributed by atoms with van der Waals surface area (Å²) in [7, 11) is -4.03. The van der Waals surface area contributed by atoms with Crippen molar-refractivity contribution in [2.24, 2.45) is 0 Å². The SMILES string of the molecule is CCN(CC(=O)NCc1cccs1)S(=O)(=O)c1ccc(-n2cc(C)cn2)c(F)c1. The van der Waals surface area contributed by atoms with E-state index in [1.54, 1.807) is 19.3 Å². The first-order chi connectivity index (χ1) is 13.8. The van der Waals surface area contributed by atoms with Crippen LogP contribution in [0.3, 0.4) is 0 Å². The molecule has 0 atom stereocenters. The molecule has 0 aliphatic heterocycles. The zero-order chi connectivity index (χ0) is 21.0. The van der Waals surface area contributed by atoms with E-state index >= 15 is 0 Å². The van der Waals surface area contributed by atoms with Gasteiger partial charge in [0.2, 0.25) is 15.9 Å². The lowest BCUT2D eigenvalue weighted by Crippen LogP contribution is -2.40. The quantitative estimate of drug-likeness (QED) is 0.589. The van der Waals surface area contributed by atoms with Gasteiger partial charge in [-0.2, -0.15) is 9.40 Å². The zero-order valence-corrected chi connectivity index (χ0v) is 17.6. The van der Waals surface area contributed by atoms with Gasteiger partial charge < -0.3 is 5.32 Å². The number of carbonyl (C=O) groups excluding carboxylic acids is 1. The number of thiophene rings is 1. The van der Waals surface area contributed by atoms with Crippen molar-refractivity contribution >= 4 is 27.3 Å². The molecule has 0 spiro atoms. The van der Waals surface area contributed by atoms with Crippen molar-refractivity contribution < 1.29 is 17.6 Å². The monoisotopic (exact) mass is 436 g/mol. The normalized spacial score (nSPS) is 11.7. The Morgan fingerprint density at radius 3 is 2.72 bits per heavy atom.